The Kier molecular flexibility index (Phi) is 4.44. The summed E-state index contributed by atoms with van der Waals surface area (Å²) in [5.74, 6) is 0.0177. The normalized spacial score (nSPS) is 21.0. The van der Waals surface area contributed by atoms with E-state index in [9.17, 15) is 9.90 Å². The van der Waals surface area contributed by atoms with Crippen molar-refractivity contribution >= 4 is 5.91 Å². The molecule has 0 unspecified atom stereocenters. The van der Waals surface area contributed by atoms with Crippen molar-refractivity contribution in [2.75, 3.05) is 6.54 Å². The highest BCUT2D eigenvalue weighted by atomic mass is 16.3. The van der Waals surface area contributed by atoms with Gasteiger partial charge in [0.2, 0.25) is 5.91 Å². The molecule has 22 heavy (non-hydrogen) atoms. The van der Waals surface area contributed by atoms with Crippen LogP contribution in [-0.2, 0) is 17.6 Å². The molecule has 114 valence electrons. The van der Waals surface area contributed by atoms with Crippen LogP contribution in [0.5, 0.6) is 0 Å². The summed E-state index contributed by atoms with van der Waals surface area (Å²) in [6, 6.07) is 9.22. The minimum Gasteiger partial charge on any atom is -0.391 e. The van der Waals surface area contributed by atoms with Gasteiger partial charge < -0.3 is 10.0 Å². The number of amides is 1. The van der Waals surface area contributed by atoms with E-state index in [4.69, 9.17) is 0 Å². The Morgan fingerprint density at radius 3 is 2.91 bits per heavy atom. The Balaban J connectivity index is 1.70. The van der Waals surface area contributed by atoms with Gasteiger partial charge in [-0.15, -0.1) is 0 Å². The fourth-order valence-corrected chi connectivity index (χ4v) is 2.91. The number of likely N-dealkylation sites (tertiary alicyclic amines) is 1. The molecule has 0 spiro atoms. The van der Waals surface area contributed by atoms with Crippen LogP contribution >= 0.6 is 0 Å². The number of aliphatic hydroxyl groups excluding tert-OH is 1. The standard InChI is InChI=1S/C17H19N3O2/c21-16-6-9-20(15(16)10-13-4-3-7-18-12-13)17(22)11-14-5-1-2-8-19-14/h1-5,7-8,12,15-16,21H,6,9-11H2/t15-,16-/m1/s1. The third kappa shape index (κ3) is 3.31. The van der Waals surface area contributed by atoms with Crippen LogP contribution in [0.2, 0.25) is 0 Å². The zero-order valence-corrected chi connectivity index (χ0v) is 12.3. The van der Waals surface area contributed by atoms with Crippen molar-refractivity contribution < 1.29 is 9.90 Å². The van der Waals surface area contributed by atoms with Gasteiger partial charge in [-0.3, -0.25) is 14.8 Å². The number of carbonyl (C=O) groups excluding carboxylic acids is 1. The number of rotatable bonds is 4. The van der Waals surface area contributed by atoms with Crippen LogP contribution < -0.4 is 0 Å². The highest BCUT2D eigenvalue weighted by Gasteiger charge is 2.35. The van der Waals surface area contributed by atoms with Crippen molar-refractivity contribution in [3.05, 3.63) is 60.2 Å². The van der Waals surface area contributed by atoms with E-state index in [1.165, 1.54) is 0 Å². The fourth-order valence-electron chi connectivity index (χ4n) is 2.91. The van der Waals surface area contributed by atoms with Crippen LogP contribution in [0.25, 0.3) is 0 Å². The number of nitrogens with zero attached hydrogens (tertiary/aromatic N) is 3. The summed E-state index contributed by atoms with van der Waals surface area (Å²) >= 11 is 0. The van der Waals surface area contributed by atoms with E-state index in [1.807, 2.05) is 30.3 Å². The van der Waals surface area contributed by atoms with Crippen LogP contribution in [0.4, 0.5) is 0 Å². The zero-order valence-electron chi connectivity index (χ0n) is 12.3. The molecule has 3 rings (SSSR count). The van der Waals surface area contributed by atoms with Crippen LogP contribution in [-0.4, -0.2) is 44.6 Å². The van der Waals surface area contributed by atoms with Gasteiger partial charge in [0, 0.05) is 30.8 Å². The van der Waals surface area contributed by atoms with E-state index in [0.717, 1.165) is 11.3 Å². The molecule has 0 radical (unpaired) electrons. The van der Waals surface area contributed by atoms with E-state index in [2.05, 4.69) is 9.97 Å². The second-order valence-electron chi connectivity index (χ2n) is 5.57. The third-order valence-electron chi connectivity index (χ3n) is 4.06. The van der Waals surface area contributed by atoms with Crippen molar-refractivity contribution in [3.8, 4) is 0 Å². The molecule has 0 bridgehead atoms. The summed E-state index contributed by atoms with van der Waals surface area (Å²) in [5.41, 5.74) is 1.79. The van der Waals surface area contributed by atoms with Crippen molar-refractivity contribution in [2.24, 2.45) is 0 Å². The van der Waals surface area contributed by atoms with Gasteiger partial charge in [0.1, 0.15) is 0 Å². The lowest BCUT2D eigenvalue weighted by Crippen LogP contribution is -2.41. The van der Waals surface area contributed by atoms with Crippen LogP contribution in [0, 0.1) is 0 Å². The van der Waals surface area contributed by atoms with Crippen molar-refractivity contribution in [2.45, 2.75) is 31.4 Å². The molecule has 0 saturated carbocycles. The monoisotopic (exact) mass is 297 g/mol. The molecule has 2 aromatic rings. The second kappa shape index (κ2) is 6.66. The van der Waals surface area contributed by atoms with Gasteiger partial charge in [0.25, 0.3) is 0 Å². The molecule has 0 aliphatic carbocycles. The summed E-state index contributed by atoms with van der Waals surface area (Å²) in [5, 5.41) is 10.2. The largest absolute Gasteiger partial charge is 0.391 e. The summed E-state index contributed by atoms with van der Waals surface area (Å²) < 4.78 is 0. The van der Waals surface area contributed by atoms with Gasteiger partial charge in [0.05, 0.1) is 18.6 Å². The first-order chi connectivity index (χ1) is 10.7. The van der Waals surface area contributed by atoms with Gasteiger partial charge in [-0.05, 0) is 36.6 Å². The predicted molar refractivity (Wildman–Crippen MR) is 82.0 cm³/mol. The molecule has 1 amide bonds. The molecule has 0 aromatic carbocycles. The highest BCUT2D eigenvalue weighted by Crippen LogP contribution is 2.22. The molecule has 2 atom stereocenters. The lowest BCUT2D eigenvalue weighted by atomic mass is 10.0. The molecule has 5 heteroatoms. The number of hydrogen-bond acceptors (Lipinski definition) is 4. The highest BCUT2D eigenvalue weighted by molar-refractivity contribution is 5.79. The summed E-state index contributed by atoms with van der Waals surface area (Å²) in [6.45, 7) is 0.595. The lowest BCUT2D eigenvalue weighted by Gasteiger charge is -2.26. The van der Waals surface area contributed by atoms with Gasteiger partial charge >= 0.3 is 0 Å². The Labute approximate surface area is 129 Å². The SMILES string of the molecule is O=C(Cc1ccccn1)N1CC[C@@H](O)[C@H]1Cc1cccnc1. The Morgan fingerprint density at radius 1 is 1.27 bits per heavy atom. The smallest absolute Gasteiger partial charge is 0.228 e. The first-order valence-corrected chi connectivity index (χ1v) is 7.50. The van der Waals surface area contributed by atoms with Crippen LogP contribution in [0.15, 0.2) is 48.9 Å². The number of aromatic nitrogens is 2. The van der Waals surface area contributed by atoms with Gasteiger partial charge in [-0.1, -0.05) is 12.1 Å². The van der Waals surface area contributed by atoms with E-state index in [1.54, 1.807) is 23.5 Å². The molecule has 2 aromatic heterocycles. The molecular weight excluding hydrogens is 278 g/mol. The zero-order chi connectivity index (χ0) is 15.4. The van der Waals surface area contributed by atoms with E-state index >= 15 is 0 Å². The van der Waals surface area contributed by atoms with Crippen LogP contribution in [0.3, 0.4) is 0 Å². The predicted octanol–water partition coefficient (Wildman–Crippen LogP) is 1.22. The second-order valence-corrected chi connectivity index (χ2v) is 5.57. The van der Waals surface area contributed by atoms with Crippen LogP contribution in [0.1, 0.15) is 17.7 Å². The van der Waals surface area contributed by atoms with E-state index in [-0.39, 0.29) is 18.4 Å². The number of aliphatic hydroxyl groups is 1. The Hall–Kier alpha value is -2.27. The lowest BCUT2D eigenvalue weighted by molar-refractivity contribution is -0.132. The third-order valence-corrected chi connectivity index (χ3v) is 4.06. The molecule has 1 fully saturated rings. The fraction of sp³-hybridized carbons (Fsp3) is 0.353. The van der Waals surface area contributed by atoms with Gasteiger partial charge in [-0.25, -0.2) is 0 Å². The van der Waals surface area contributed by atoms with Crippen molar-refractivity contribution in [1.29, 1.82) is 0 Å². The maximum Gasteiger partial charge on any atom is 0.228 e. The average molecular weight is 297 g/mol. The molecule has 5 nitrogen and oxygen atoms in total. The number of hydrogen-bond donors (Lipinski definition) is 1. The first kappa shape index (κ1) is 14.7. The minimum absolute atomic E-state index is 0.0177. The van der Waals surface area contributed by atoms with Crippen molar-refractivity contribution in [1.82, 2.24) is 14.9 Å². The molecule has 3 heterocycles. The van der Waals surface area contributed by atoms with E-state index < -0.39 is 6.10 Å². The van der Waals surface area contributed by atoms with Gasteiger partial charge in [-0.2, -0.15) is 0 Å². The number of pyridine rings is 2. The summed E-state index contributed by atoms with van der Waals surface area (Å²) in [6.07, 6.45) is 6.24. The molecule has 1 saturated heterocycles. The summed E-state index contributed by atoms with van der Waals surface area (Å²) in [4.78, 5) is 22.6. The van der Waals surface area contributed by atoms with E-state index in [0.29, 0.717) is 19.4 Å². The average Bonchev–Trinajstić information content (AvgIpc) is 2.90. The summed E-state index contributed by atoms with van der Waals surface area (Å²) in [7, 11) is 0. The number of carbonyl (C=O) groups is 1. The Bertz CT molecular complexity index is 618. The first-order valence-electron chi connectivity index (χ1n) is 7.50. The Morgan fingerprint density at radius 2 is 2.18 bits per heavy atom. The maximum absolute atomic E-state index is 12.5. The quantitative estimate of drug-likeness (QED) is 0.921. The molecule has 1 aliphatic rings. The molecule has 1 N–H and O–H groups in total. The van der Waals surface area contributed by atoms with Gasteiger partial charge in [0.15, 0.2) is 0 Å². The van der Waals surface area contributed by atoms with Crippen molar-refractivity contribution in [3.63, 3.8) is 0 Å². The molecular formula is C17H19N3O2. The maximum atomic E-state index is 12.5. The molecule has 1 aliphatic heterocycles. The minimum atomic E-state index is -0.479. The topological polar surface area (TPSA) is 66.3 Å².